The molecule has 1 aromatic carbocycles. The minimum atomic E-state index is -0.193. The van der Waals surface area contributed by atoms with Crippen molar-refractivity contribution in [2.45, 2.75) is 6.92 Å². The SMILES string of the molecule is Cc1ccc(-c2nn3cnnc3s2)cc1NC(=O)c1cccnc1. The molecule has 0 unspecified atom stereocenters. The average molecular weight is 336 g/mol. The van der Waals surface area contributed by atoms with Crippen LogP contribution in [0.3, 0.4) is 0 Å². The number of fused-ring (bicyclic) bond motifs is 1. The maximum atomic E-state index is 12.3. The second-order valence-corrected chi connectivity index (χ2v) is 6.15. The van der Waals surface area contributed by atoms with Gasteiger partial charge in [-0.3, -0.25) is 9.78 Å². The number of anilines is 1. The number of nitrogens with zero attached hydrogens (tertiary/aromatic N) is 5. The van der Waals surface area contributed by atoms with Crippen LogP contribution in [0.5, 0.6) is 0 Å². The summed E-state index contributed by atoms with van der Waals surface area (Å²) in [6.45, 7) is 1.95. The monoisotopic (exact) mass is 336 g/mol. The number of amides is 1. The molecule has 0 saturated heterocycles. The highest BCUT2D eigenvalue weighted by molar-refractivity contribution is 7.19. The Hall–Kier alpha value is -3.13. The molecule has 118 valence electrons. The van der Waals surface area contributed by atoms with Crippen molar-refractivity contribution in [3.63, 3.8) is 0 Å². The van der Waals surface area contributed by atoms with Crippen LogP contribution >= 0.6 is 11.3 Å². The van der Waals surface area contributed by atoms with Gasteiger partial charge >= 0.3 is 0 Å². The fourth-order valence-corrected chi connectivity index (χ4v) is 3.07. The first-order chi connectivity index (χ1) is 11.7. The van der Waals surface area contributed by atoms with E-state index in [-0.39, 0.29) is 5.91 Å². The Bertz CT molecular complexity index is 995. The van der Waals surface area contributed by atoms with Crippen LogP contribution in [0.2, 0.25) is 0 Å². The van der Waals surface area contributed by atoms with E-state index in [4.69, 9.17) is 0 Å². The van der Waals surface area contributed by atoms with Crippen LogP contribution in [0.15, 0.2) is 49.1 Å². The molecule has 0 spiro atoms. The van der Waals surface area contributed by atoms with Crippen molar-refractivity contribution in [3.8, 4) is 10.6 Å². The molecule has 0 saturated carbocycles. The van der Waals surface area contributed by atoms with Crippen molar-refractivity contribution in [1.82, 2.24) is 24.8 Å². The van der Waals surface area contributed by atoms with Crippen molar-refractivity contribution in [2.24, 2.45) is 0 Å². The number of nitrogens with one attached hydrogen (secondary N) is 1. The van der Waals surface area contributed by atoms with Gasteiger partial charge in [0.05, 0.1) is 5.56 Å². The molecule has 0 aliphatic carbocycles. The quantitative estimate of drug-likeness (QED) is 0.622. The Kier molecular flexibility index (Phi) is 3.51. The predicted octanol–water partition coefficient (Wildman–Crippen LogP) is 2.81. The summed E-state index contributed by atoms with van der Waals surface area (Å²) in [7, 11) is 0. The summed E-state index contributed by atoms with van der Waals surface area (Å²) < 4.78 is 1.63. The highest BCUT2D eigenvalue weighted by Gasteiger charge is 2.12. The molecule has 7 nitrogen and oxygen atoms in total. The van der Waals surface area contributed by atoms with Gasteiger partial charge in [0.15, 0.2) is 0 Å². The van der Waals surface area contributed by atoms with Gasteiger partial charge in [-0.25, -0.2) is 0 Å². The minimum absolute atomic E-state index is 0.193. The van der Waals surface area contributed by atoms with E-state index >= 15 is 0 Å². The molecular weight excluding hydrogens is 324 g/mol. The van der Waals surface area contributed by atoms with Crippen LogP contribution in [0.25, 0.3) is 15.5 Å². The van der Waals surface area contributed by atoms with Crippen LogP contribution in [-0.2, 0) is 0 Å². The third-order valence-corrected chi connectivity index (χ3v) is 4.51. The van der Waals surface area contributed by atoms with Gasteiger partial charge in [0.2, 0.25) is 4.96 Å². The maximum absolute atomic E-state index is 12.3. The van der Waals surface area contributed by atoms with Crippen LogP contribution in [-0.4, -0.2) is 30.7 Å². The summed E-state index contributed by atoms with van der Waals surface area (Å²) in [5.41, 5.74) is 3.14. The van der Waals surface area contributed by atoms with Gasteiger partial charge in [-0.15, -0.1) is 10.2 Å². The number of hydrogen-bond acceptors (Lipinski definition) is 6. The molecular formula is C16H12N6OS. The summed E-state index contributed by atoms with van der Waals surface area (Å²) in [5.74, 6) is -0.193. The molecule has 0 atom stereocenters. The second kappa shape index (κ2) is 5.82. The zero-order valence-corrected chi connectivity index (χ0v) is 13.5. The summed E-state index contributed by atoms with van der Waals surface area (Å²) >= 11 is 1.44. The standard InChI is InChI=1S/C16H12N6OS/c1-10-4-5-11(15-21-22-9-18-20-16(22)24-15)7-13(10)19-14(23)12-3-2-6-17-8-12/h2-9H,1H3,(H,19,23). The number of rotatable bonds is 3. The molecule has 4 aromatic rings. The maximum Gasteiger partial charge on any atom is 0.257 e. The number of aromatic nitrogens is 5. The summed E-state index contributed by atoms with van der Waals surface area (Å²) in [5, 5.41) is 16.0. The summed E-state index contributed by atoms with van der Waals surface area (Å²) in [4.78, 5) is 17.0. The van der Waals surface area contributed by atoms with Crippen molar-refractivity contribution in [3.05, 3.63) is 60.2 Å². The van der Waals surface area contributed by atoms with Crippen molar-refractivity contribution in [1.29, 1.82) is 0 Å². The first-order valence-electron chi connectivity index (χ1n) is 7.20. The molecule has 0 aliphatic rings. The zero-order chi connectivity index (χ0) is 16.5. The molecule has 1 N–H and O–H groups in total. The normalized spacial score (nSPS) is 10.9. The van der Waals surface area contributed by atoms with Crippen molar-refractivity contribution >= 4 is 27.9 Å². The zero-order valence-electron chi connectivity index (χ0n) is 12.7. The van der Waals surface area contributed by atoms with Gasteiger partial charge in [-0.1, -0.05) is 23.5 Å². The van der Waals surface area contributed by atoms with E-state index in [1.54, 1.807) is 29.2 Å². The van der Waals surface area contributed by atoms with Gasteiger partial charge in [0.1, 0.15) is 11.3 Å². The largest absolute Gasteiger partial charge is 0.322 e. The molecule has 8 heteroatoms. The van der Waals surface area contributed by atoms with Crippen molar-refractivity contribution < 1.29 is 4.79 Å². The second-order valence-electron chi connectivity index (χ2n) is 5.19. The first-order valence-corrected chi connectivity index (χ1v) is 8.01. The third-order valence-electron chi connectivity index (χ3n) is 3.54. The molecule has 24 heavy (non-hydrogen) atoms. The van der Waals surface area contributed by atoms with Crippen LogP contribution in [0.1, 0.15) is 15.9 Å². The molecule has 0 aliphatic heterocycles. The van der Waals surface area contributed by atoms with E-state index in [9.17, 15) is 4.79 Å². The Labute approximate surface area is 141 Å². The minimum Gasteiger partial charge on any atom is -0.322 e. The smallest absolute Gasteiger partial charge is 0.257 e. The lowest BCUT2D eigenvalue weighted by molar-refractivity contribution is 0.102. The molecule has 0 radical (unpaired) electrons. The van der Waals surface area contributed by atoms with E-state index in [2.05, 4.69) is 25.6 Å². The molecule has 3 heterocycles. The lowest BCUT2D eigenvalue weighted by Crippen LogP contribution is -2.13. The van der Waals surface area contributed by atoms with E-state index < -0.39 is 0 Å². The van der Waals surface area contributed by atoms with E-state index in [1.165, 1.54) is 17.5 Å². The van der Waals surface area contributed by atoms with Crippen LogP contribution < -0.4 is 5.32 Å². The number of pyridine rings is 1. The van der Waals surface area contributed by atoms with Gasteiger partial charge in [0.25, 0.3) is 5.91 Å². The van der Waals surface area contributed by atoms with Crippen LogP contribution in [0.4, 0.5) is 5.69 Å². The van der Waals surface area contributed by atoms with Crippen LogP contribution in [0, 0.1) is 6.92 Å². The molecule has 4 rings (SSSR count). The summed E-state index contributed by atoms with van der Waals surface area (Å²) in [6.07, 6.45) is 4.74. The Morgan fingerprint density at radius 3 is 3.00 bits per heavy atom. The summed E-state index contributed by atoms with van der Waals surface area (Å²) in [6, 6.07) is 9.30. The number of carbonyl (C=O) groups is 1. The van der Waals surface area contributed by atoms with E-state index in [0.717, 1.165) is 26.8 Å². The van der Waals surface area contributed by atoms with Gasteiger partial charge in [-0.2, -0.15) is 9.61 Å². The highest BCUT2D eigenvalue weighted by atomic mass is 32.1. The lowest BCUT2D eigenvalue weighted by Gasteiger charge is -2.09. The molecule has 3 aromatic heterocycles. The topological polar surface area (TPSA) is 85.1 Å². The number of hydrogen-bond donors (Lipinski definition) is 1. The lowest BCUT2D eigenvalue weighted by atomic mass is 10.1. The first kappa shape index (κ1) is 14.5. The predicted molar refractivity (Wildman–Crippen MR) is 91.0 cm³/mol. The van der Waals surface area contributed by atoms with Gasteiger partial charge < -0.3 is 5.32 Å². The third kappa shape index (κ3) is 2.63. The molecule has 0 bridgehead atoms. The number of aryl methyl sites for hydroxylation is 1. The number of benzene rings is 1. The van der Waals surface area contributed by atoms with Gasteiger partial charge in [-0.05, 0) is 30.7 Å². The Balaban J connectivity index is 1.66. The van der Waals surface area contributed by atoms with E-state index in [0.29, 0.717) is 5.56 Å². The highest BCUT2D eigenvalue weighted by Crippen LogP contribution is 2.28. The molecule has 0 fully saturated rings. The Morgan fingerprint density at radius 2 is 2.21 bits per heavy atom. The number of carbonyl (C=O) groups excluding carboxylic acids is 1. The fraction of sp³-hybridized carbons (Fsp3) is 0.0625. The van der Waals surface area contributed by atoms with Crippen molar-refractivity contribution in [2.75, 3.05) is 5.32 Å². The molecule has 1 amide bonds. The van der Waals surface area contributed by atoms with E-state index in [1.807, 2.05) is 25.1 Å². The van der Waals surface area contributed by atoms with Gasteiger partial charge in [0, 0.05) is 23.6 Å². The Morgan fingerprint density at radius 1 is 1.29 bits per heavy atom. The average Bonchev–Trinajstić information content (AvgIpc) is 3.19. The fourth-order valence-electron chi connectivity index (χ4n) is 2.26.